The highest BCUT2D eigenvalue weighted by molar-refractivity contribution is 5.90. The van der Waals surface area contributed by atoms with E-state index < -0.39 is 5.60 Å². The summed E-state index contributed by atoms with van der Waals surface area (Å²) in [6.07, 6.45) is 3.27. The molecule has 1 aliphatic carbocycles. The number of nitrogens with zero attached hydrogens (tertiary/aromatic N) is 5. The average Bonchev–Trinajstić information content (AvgIpc) is 3.43. The number of nitrogens with one attached hydrogen (secondary N) is 2. The van der Waals surface area contributed by atoms with Gasteiger partial charge in [0.1, 0.15) is 17.8 Å². The summed E-state index contributed by atoms with van der Waals surface area (Å²) in [6, 6.07) is 6.36. The van der Waals surface area contributed by atoms with Gasteiger partial charge in [-0.3, -0.25) is 14.6 Å². The van der Waals surface area contributed by atoms with Crippen molar-refractivity contribution in [3.8, 4) is 0 Å². The normalized spacial score (nSPS) is 14.3. The molecule has 0 aliphatic heterocycles. The molecule has 1 aromatic carbocycles. The maximum atomic E-state index is 12.8. The fraction of sp³-hybridized carbons (Fsp3) is 0.545. The summed E-state index contributed by atoms with van der Waals surface area (Å²) in [7, 11) is 3.58. The number of amides is 1. The second kappa shape index (κ2) is 9.36. The summed E-state index contributed by atoms with van der Waals surface area (Å²) in [6.45, 7) is 8.84. The van der Waals surface area contributed by atoms with Gasteiger partial charge in [0.25, 0.3) is 0 Å². The minimum Gasteiger partial charge on any atom is -0.443 e. The highest BCUT2D eigenvalue weighted by atomic mass is 16.6. The highest BCUT2D eigenvalue weighted by Crippen LogP contribution is 2.35. The molecule has 0 spiro atoms. The van der Waals surface area contributed by atoms with Gasteiger partial charge in [0, 0.05) is 26.7 Å². The molecular weight excluding hydrogens is 394 g/mol. The van der Waals surface area contributed by atoms with E-state index in [1.807, 2.05) is 46.9 Å². The number of guanidine groups is 1. The van der Waals surface area contributed by atoms with Crippen LogP contribution in [0.3, 0.4) is 0 Å². The SMILES string of the molecule is CN=C(NCc1ccc(N(C(=O)OC(C)(C)C)C2CC2)c(C)c1)NCc1ncnn1C. The van der Waals surface area contributed by atoms with Crippen LogP contribution in [-0.2, 0) is 24.9 Å². The molecule has 1 heterocycles. The monoisotopic (exact) mass is 427 g/mol. The second-order valence-corrected chi connectivity index (χ2v) is 8.78. The van der Waals surface area contributed by atoms with Crippen molar-refractivity contribution in [3.05, 3.63) is 41.5 Å². The molecule has 1 fully saturated rings. The van der Waals surface area contributed by atoms with E-state index in [0.717, 1.165) is 35.5 Å². The summed E-state index contributed by atoms with van der Waals surface area (Å²) in [5.74, 6) is 1.50. The number of aromatic nitrogens is 3. The van der Waals surface area contributed by atoms with Gasteiger partial charge in [0.15, 0.2) is 5.96 Å². The molecule has 0 unspecified atom stereocenters. The van der Waals surface area contributed by atoms with E-state index in [9.17, 15) is 4.79 Å². The molecule has 1 saturated carbocycles. The topological polar surface area (TPSA) is 96.7 Å². The fourth-order valence-corrected chi connectivity index (χ4v) is 3.24. The molecule has 9 heteroatoms. The number of rotatable bonds is 6. The van der Waals surface area contributed by atoms with Crippen molar-refractivity contribution < 1.29 is 9.53 Å². The molecule has 1 amide bonds. The Morgan fingerprint density at radius 2 is 2.00 bits per heavy atom. The van der Waals surface area contributed by atoms with E-state index in [1.165, 1.54) is 6.33 Å². The van der Waals surface area contributed by atoms with Gasteiger partial charge in [-0.15, -0.1) is 0 Å². The Labute approximate surface area is 183 Å². The molecule has 2 aromatic rings. The quantitative estimate of drug-likeness (QED) is 0.544. The Bertz CT molecular complexity index is 942. The Morgan fingerprint density at radius 3 is 2.55 bits per heavy atom. The van der Waals surface area contributed by atoms with Crippen LogP contribution in [0.5, 0.6) is 0 Å². The minimum absolute atomic E-state index is 0.223. The first kappa shape index (κ1) is 22.6. The lowest BCUT2D eigenvalue weighted by Gasteiger charge is -2.28. The number of aryl methyl sites for hydroxylation is 2. The van der Waals surface area contributed by atoms with E-state index in [1.54, 1.807) is 16.6 Å². The van der Waals surface area contributed by atoms with Gasteiger partial charge in [0.05, 0.1) is 12.2 Å². The largest absolute Gasteiger partial charge is 0.443 e. The van der Waals surface area contributed by atoms with Gasteiger partial charge in [0.2, 0.25) is 0 Å². The lowest BCUT2D eigenvalue weighted by molar-refractivity contribution is 0.0577. The van der Waals surface area contributed by atoms with Crippen molar-refractivity contribution >= 4 is 17.7 Å². The van der Waals surface area contributed by atoms with E-state index in [-0.39, 0.29) is 12.1 Å². The maximum Gasteiger partial charge on any atom is 0.415 e. The highest BCUT2D eigenvalue weighted by Gasteiger charge is 2.37. The number of hydrogen-bond acceptors (Lipinski definition) is 5. The van der Waals surface area contributed by atoms with Crippen LogP contribution in [0.4, 0.5) is 10.5 Å². The van der Waals surface area contributed by atoms with E-state index in [2.05, 4.69) is 31.8 Å². The second-order valence-electron chi connectivity index (χ2n) is 8.78. The number of carbonyl (C=O) groups is 1. The number of aliphatic imine (C=N–C) groups is 1. The molecule has 2 N–H and O–H groups in total. The van der Waals surface area contributed by atoms with Crippen molar-refractivity contribution in [2.45, 2.75) is 65.3 Å². The van der Waals surface area contributed by atoms with Crippen LogP contribution in [-0.4, -0.2) is 45.5 Å². The number of anilines is 1. The first-order valence-electron chi connectivity index (χ1n) is 10.6. The molecule has 31 heavy (non-hydrogen) atoms. The summed E-state index contributed by atoms with van der Waals surface area (Å²) >= 11 is 0. The van der Waals surface area contributed by atoms with E-state index >= 15 is 0 Å². The van der Waals surface area contributed by atoms with E-state index in [4.69, 9.17) is 4.74 Å². The number of benzene rings is 1. The van der Waals surface area contributed by atoms with Crippen molar-refractivity contribution in [1.82, 2.24) is 25.4 Å². The van der Waals surface area contributed by atoms with Gasteiger partial charge < -0.3 is 15.4 Å². The third-order valence-corrected chi connectivity index (χ3v) is 4.93. The fourth-order valence-electron chi connectivity index (χ4n) is 3.24. The Hall–Kier alpha value is -3.10. The van der Waals surface area contributed by atoms with Crippen molar-refractivity contribution in [1.29, 1.82) is 0 Å². The first-order valence-corrected chi connectivity index (χ1v) is 10.6. The number of ether oxygens (including phenoxy) is 1. The zero-order valence-electron chi connectivity index (χ0n) is 19.3. The van der Waals surface area contributed by atoms with Gasteiger partial charge >= 0.3 is 6.09 Å². The molecule has 168 valence electrons. The summed E-state index contributed by atoms with van der Waals surface area (Å²) in [5, 5.41) is 10.6. The first-order chi connectivity index (χ1) is 14.7. The minimum atomic E-state index is -0.518. The summed E-state index contributed by atoms with van der Waals surface area (Å²) in [4.78, 5) is 23.0. The molecule has 1 aromatic heterocycles. The van der Waals surface area contributed by atoms with Crippen molar-refractivity contribution in [3.63, 3.8) is 0 Å². The lowest BCUT2D eigenvalue weighted by atomic mass is 10.1. The molecule has 9 nitrogen and oxygen atoms in total. The molecule has 3 rings (SSSR count). The molecule has 0 atom stereocenters. The smallest absolute Gasteiger partial charge is 0.415 e. The van der Waals surface area contributed by atoms with Crippen LogP contribution in [0, 0.1) is 6.92 Å². The van der Waals surface area contributed by atoms with Crippen LogP contribution in [0.1, 0.15) is 50.6 Å². The number of hydrogen-bond donors (Lipinski definition) is 2. The van der Waals surface area contributed by atoms with Crippen molar-refractivity contribution in [2.75, 3.05) is 11.9 Å². The molecule has 0 radical (unpaired) electrons. The predicted octanol–water partition coefficient (Wildman–Crippen LogP) is 2.89. The lowest BCUT2D eigenvalue weighted by Crippen LogP contribution is -2.39. The van der Waals surface area contributed by atoms with Gasteiger partial charge in [-0.25, -0.2) is 9.78 Å². The molecule has 1 aliphatic rings. The third kappa shape index (κ3) is 6.19. The van der Waals surface area contributed by atoms with Gasteiger partial charge in [-0.2, -0.15) is 5.10 Å². The van der Waals surface area contributed by atoms with E-state index in [0.29, 0.717) is 19.0 Å². The molecular formula is C22H33N7O2. The van der Waals surface area contributed by atoms with Crippen molar-refractivity contribution in [2.24, 2.45) is 12.0 Å². The standard InChI is InChI=1S/C22H33N7O2/c1-15-11-16(12-24-20(23-5)25-13-19-26-14-27-28(19)6)7-10-18(15)29(17-8-9-17)21(30)31-22(2,3)4/h7,10-11,14,17H,8-9,12-13H2,1-6H3,(H2,23,24,25). The molecule has 0 bridgehead atoms. The predicted molar refractivity (Wildman–Crippen MR) is 121 cm³/mol. The van der Waals surface area contributed by atoms with Crippen LogP contribution in [0.25, 0.3) is 0 Å². The van der Waals surface area contributed by atoms with Crippen LogP contribution >= 0.6 is 0 Å². The van der Waals surface area contributed by atoms with Gasteiger partial charge in [-0.05, 0) is 57.7 Å². The summed E-state index contributed by atoms with van der Waals surface area (Å²) in [5.41, 5.74) is 2.53. The Morgan fingerprint density at radius 1 is 1.29 bits per heavy atom. The zero-order valence-corrected chi connectivity index (χ0v) is 19.3. The van der Waals surface area contributed by atoms with Crippen LogP contribution in [0.15, 0.2) is 29.5 Å². The summed E-state index contributed by atoms with van der Waals surface area (Å²) < 4.78 is 7.36. The number of carbonyl (C=O) groups excluding carboxylic acids is 1. The van der Waals surface area contributed by atoms with Crippen LogP contribution in [0.2, 0.25) is 0 Å². The third-order valence-electron chi connectivity index (χ3n) is 4.93. The Kier molecular flexibility index (Phi) is 6.82. The van der Waals surface area contributed by atoms with Gasteiger partial charge in [-0.1, -0.05) is 12.1 Å². The average molecular weight is 428 g/mol. The molecule has 0 saturated heterocycles. The zero-order chi connectivity index (χ0) is 22.6. The Balaban J connectivity index is 1.63. The van der Waals surface area contributed by atoms with Crippen LogP contribution < -0.4 is 15.5 Å². The maximum absolute atomic E-state index is 12.8.